The van der Waals surface area contributed by atoms with Crippen LogP contribution in [0.3, 0.4) is 0 Å². The number of hydrogen-bond acceptors (Lipinski definition) is 3. The molecule has 1 aromatic rings. The highest BCUT2D eigenvalue weighted by molar-refractivity contribution is 5.87. The van der Waals surface area contributed by atoms with Crippen LogP contribution < -0.4 is 5.56 Å². The second kappa shape index (κ2) is 5.98. The molecule has 3 rings (SSSR count). The van der Waals surface area contributed by atoms with Crippen LogP contribution in [-0.4, -0.2) is 57.5 Å². The van der Waals surface area contributed by atoms with Gasteiger partial charge in [0.05, 0.1) is 13.0 Å². The van der Waals surface area contributed by atoms with Crippen LogP contribution in [0.1, 0.15) is 36.9 Å². The van der Waals surface area contributed by atoms with Gasteiger partial charge >= 0.3 is 0 Å². The molecule has 1 aromatic heterocycles. The lowest BCUT2D eigenvalue weighted by atomic mass is 10.1. The summed E-state index contributed by atoms with van der Waals surface area (Å²) in [5.74, 6) is -0.126. The molecule has 0 atom stereocenters. The SMILES string of the molecule is Cc1[nH][nH]c(=O)c1CC(=O)N1CCN(C2CCCC2)C(=O)C1. The van der Waals surface area contributed by atoms with Gasteiger partial charge in [-0.1, -0.05) is 12.8 Å². The number of H-pyrrole nitrogens is 2. The molecule has 0 bridgehead atoms. The summed E-state index contributed by atoms with van der Waals surface area (Å²) in [6, 6.07) is 0.361. The molecule has 22 heavy (non-hydrogen) atoms. The quantitative estimate of drug-likeness (QED) is 0.834. The van der Waals surface area contributed by atoms with Gasteiger partial charge in [-0.2, -0.15) is 0 Å². The van der Waals surface area contributed by atoms with Gasteiger partial charge in [0.2, 0.25) is 11.8 Å². The maximum Gasteiger partial charge on any atom is 0.267 e. The van der Waals surface area contributed by atoms with Gasteiger partial charge in [-0.15, -0.1) is 0 Å². The summed E-state index contributed by atoms with van der Waals surface area (Å²) in [6.45, 7) is 3.06. The number of piperazine rings is 1. The lowest BCUT2D eigenvalue weighted by Gasteiger charge is -2.37. The highest BCUT2D eigenvalue weighted by atomic mass is 16.2. The smallest absolute Gasteiger partial charge is 0.267 e. The molecule has 1 saturated heterocycles. The normalized spacial score (nSPS) is 20.0. The summed E-state index contributed by atoms with van der Waals surface area (Å²) in [5.41, 5.74) is 0.867. The van der Waals surface area contributed by atoms with Crippen molar-refractivity contribution in [3.63, 3.8) is 0 Å². The number of aromatic nitrogens is 2. The number of rotatable bonds is 3. The van der Waals surface area contributed by atoms with E-state index in [0.29, 0.717) is 30.4 Å². The van der Waals surface area contributed by atoms with Crippen molar-refractivity contribution in [1.29, 1.82) is 0 Å². The number of aryl methyl sites for hydroxylation is 1. The van der Waals surface area contributed by atoms with Crippen molar-refractivity contribution >= 4 is 11.8 Å². The number of hydrogen-bond donors (Lipinski definition) is 2. The van der Waals surface area contributed by atoms with Crippen LogP contribution in [0.5, 0.6) is 0 Å². The highest BCUT2D eigenvalue weighted by Gasteiger charge is 2.33. The maximum absolute atomic E-state index is 12.3. The number of aromatic amines is 2. The van der Waals surface area contributed by atoms with E-state index in [-0.39, 0.29) is 30.3 Å². The van der Waals surface area contributed by atoms with E-state index >= 15 is 0 Å². The van der Waals surface area contributed by atoms with Crippen LogP contribution >= 0.6 is 0 Å². The zero-order valence-electron chi connectivity index (χ0n) is 12.9. The highest BCUT2D eigenvalue weighted by Crippen LogP contribution is 2.24. The zero-order valence-corrected chi connectivity index (χ0v) is 12.9. The molecule has 2 amide bonds. The fraction of sp³-hybridized carbons (Fsp3) is 0.667. The summed E-state index contributed by atoms with van der Waals surface area (Å²) >= 11 is 0. The number of amides is 2. The van der Waals surface area contributed by atoms with Crippen molar-refractivity contribution in [3.8, 4) is 0 Å². The van der Waals surface area contributed by atoms with Crippen LogP contribution in [0.25, 0.3) is 0 Å². The van der Waals surface area contributed by atoms with Crippen LogP contribution in [0.15, 0.2) is 4.79 Å². The van der Waals surface area contributed by atoms with Crippen molar-refractivity contribution in [1.82, 2.24) is 20.0 Å². The van der Waals surface area contributed by atoms with E-state index in [0.717, 1.165) is 12.8 Å². The number of carbonyl (C=O) groups is 2. The third-order valence-corrected chi connectivity index (χ3v) is 4.79. The molecule has 1 saturated carbocycles. The molecule has 0 aromatic carbocycles. The molecule has 2 aliphatic rings. The Labute approximate surface area is 128 Å². The summed E-state index contributed by atoms with van der Waals surface area (Å²) in [6.07, 6.45) is 4.58. The molecular weight excluding hydrogens is 284 g/mol. The molecular formula is C15H22N4O3. The largest absolute Gasteiger partial charge is 0.336 e. The molecule has 0 radical (unpaired) electrons. The first-order valence-electron chi connectivity index (χ1n) is 7.89. The Bertz CT molecular complexity index is 627. The number of carbonyl (C=O) groups excluding carboxylic acids is 2. The standard InChI is InChI=1S/C15H22N4O3/c1-10-12(15(22)17-16-10)8-13(20)18-6-7-19(14(21)9-18)11-4-2-3-5-11/h11H,2-9H2,1H3,(H2,16,17,22). The van der Waals surface area contributed by atoms with Crippen molar-refractivity contribution in [2.24, 2.45) is 0 Å². The fourth-order valence-corrected chi connectivity index (χ4v) is 3.45. The molecule has 0 unspecified atom stereocenters. The van der Waals surface area contributed by atoms with Gasteiger partial charge in [-0.3, -0.25) is 19.5 Å². The van der Waals surface area contributed by atoms with Gasteiger partial charge in [-0.05, 0) is 19.8 Å². The summed E-state index contributed by atoms with van der Waals surface area (Å²) < 4.78 is 0. The predicted octanol–water partition coefficient (Wildman–Crippen LogP) is 0.167. The first kappa shape index (κ1) is 14.9. The van der Waals surface area contributed by atoms with E-state index in [1.54, 1.807) is 11.8 Å². The molecule has 1 aliphatic heterocycles. The van der Waals surface area contributed by atoms with E-state index in [1.807, 2.05) is 4.90 Å². The summed E-state index contributed by atoms with van der Waals surface area (Å²) in [7, 11) is 0. The second-order valence-electron chi connectivity index (χ2n) is 6.20. The van der Waals surface area contributed by atoms with Gasteiger partial charge < -0.3 is 14.9 Å². The van der Waals surface area contributed by atoms with Gasteiger partial charge in [0, 0.05) is 30.4 Å². The number of nitrogens with zero attached hydrogens (tertiary/aromatic N) is 2. The minimum Gasteiger partial charge on any atom is -0.336 e. The molecule has 2 N–H and O–H groups in total. The third-order valence-electron chi connectivity index (χ3n) is 4.79. The Kier molecular flexibility index (Phi) is 4.04. The molecule has 7 heteroatoms. The molecule has 7 nitrogen and oxygen atoms in total. The van der Waals surface area contributed by atoms with Crippen molar-refractivity contribution in [2.45, 2.75) is 45.1 Å². The van der Waals surface area contributed by atoms with Crippen LogP contribution in [-0.2, 0) is 16.0 Å². The van der Waals surface area contributed by atoms with E-state index in [1.165, 1.54) is 12.8 Å². The predicted molar refractivity (Wildman–Crippen MR) is 80.4 cm³/mol. The van der Waals surface area contributed by atoms with Gasteiger partial charge in [0.25, 0.3) is 5.56 Å². The Morgan fingerprint density at radius 3 is 2.50 bits per heavy atom. The second-order valence-corrected chi connectivity index (χ2v) is 6.20. The first-order chi connectivity index (χ1) is 10.6. The molecule has 120 valence electrons. The minimum atomic E-state index is -0.262. The Morgan fingerprint density at radius 2 is 1.91 bits per heavy atom. The van der Waals surface area contributed by atoms with Crippen molar-refractivity contribution < 1.29 is 9.59 Å². The average Bonchev–Trinajstić information content (AvgIpc) is 3.12. The number of nitrogens with one attached hydrogen (secondary N) is 2. The Balaban J connectivity index is 1.61. The van der Waals surface area contributed by atoms with E-state index in [9.17, 15) is 14.4 Å². The Hall–Kier alpha value is -2.05. The lowest BCUT2D eigenvalue weighted by molar-refractivity contribution is -0.146. The fourth-order valence-electron chi connectivity index (χ4n) is 3.45. The third kappa shape index (κ3) is 2.80. The van der Waals surface area contributed by atoms with Crippen LogP contribution in [0.2, 0.25) is 0 Å². The molecule has 2 fully saturated rings. The van der Waals surface area contributed by atoms with Crippen molar-refractivity contribution in [2.75, 3.05) is 19.6 Å². The van der Waals surface area contributed by atoms with E-state index < -0.39 is 0 Å². The van der Waals surface area contributed by atoms with E-state index in [4.69, 9.17) is 0 Å². The zero-order chi connectivity index (χ0) is 15.7. The van der Waals surface area contributed by atoms with Gasteiger partial charge in [0.15, 0.2) is 0 Å². The molecule has 2 heterocycles. The van der Waals surface area contributed by atoms with Crippen molar-refractivity contribution in [3.05, 3.63) is 21.6 Å². The molecule has 1 aliphatic carbocycles. The first-order valence-corrected chi connectivity index (χ1v) is 7.89. The monoisotopic (exact) mass is 306 g/mol. The Morgan fingerprint density at radius 1 is 1.18 bits per heavy atom. The summed E-state index contributed by atoms with van der Waals surface area (Å²) in [5, 5.41) is 5.19. The molecule has 0 spiro atoms. The van der Waals surface area contributed by atoms with Crippen LogP contribution in [0, 0.1) is 6.92 Å². The minimum absolute atomic E-state index is 0.0335. The average molecular weight is 306 g/mol. The topological polar surface area (TPSA) is 89.3 Å². The van der Waals surface area contributed by atoms with Gasteiger partial charge in [0.1, 0.15) is 0 Å². The van der Waals surface area contributed by atoms with Gasteiger partial charge in [-0.25, -0.2) is 0 Å². The maximum atomic E-state index is 12.3. The van der Waals surface area contributed by atoms with Crippen LogP contribution in [0.4, 0.5) is 0 Å². The lowest BCUT2D eigenvalue weighted by Crippen LogP contribution is -2.55. The van der Waals surface area contributed by atoms with E-state index in [2.05, 4.69) is 10.2 Å². The summed E-state index contributed by atoms with van der Waals surface area (Å²) in [4.78, 5) is 39.7.